The molecule has 20 heavy (non-hydrogen) atoms. The van der Waals surface area contributed by atoms with Gasteiger partial charge in [-0.1, -0.05) is 24.3 Å². The van der Waals surface area contributed by atoms with Gasteiger partial charge in [0.15, 0.2) is 11.6 Å². The highest BCUT2D eigenvalue weighted by molar-refractivity contribution is 5.27. The van der Waals surface area contributed by atoms with Crippen LogP contribution in [0.2, 0.25) is 0 Å². The van der Waals surface area contributed by atoms with E-state index in [-0.39, 0.29) is 11.6 Å². The van der Waals surface area contributed by atoms with Crippen molar-refractivity contribution in [3.8, 4) is 11.5 Å². The van der Waals surface area contributed by atoms with Crippen LogP contribution < -0.4 is 15.2 Å². The molecule has 0 atom stereocenters. The molecule has 0 aliphatic carbocycles. The summed E-state index contributed by atoms with van der Waals surface area (Å²) < 4.78 is 24.1. The highest BCUT2D eigenvalue weighted by Gasteiger charge is 2.01. The summed E-state index contributed by atoms with van der Waals surface area (Å²) >= 11 is 0. The zero-order chi connectivity index (χ0) is 14.2. The zero-order valence-electron chi connectivity index (χ0n) is 11.2. The summed E-state index contributed by atoms with van der Waals surface area (Å²) in [6, 6.07) is 14.1. The Morgan fingerprint density at radius 2 is 1.60 bits per heavy atom. The maximum absolute atomic E-state index is 13.3. The van der Waals surface area contributed by atoms with Crippen LogP contribution in [0.3, 0.4) is 0 Å². The number of rotatable bonds is 7. The zero-order valence-corrected chi connectivity index (χ0v) is 11.2. The molecule has 2 aromatic carbocycles. The minimum Gasteiger partial charge on any atom is -0.490 e. The first-order chi connectivity index (χ1) is 9.79. The van der Waals surface area contributed by atoms with Gasteiger partial charge < -0.3 is 15.2 Å². The second-order valence-electron chi connectivity index (χ2n) is 4.31. The number of halogens is 1. The van der Waals surface area contributed by atoms with Gasteiger partial charge in [-0.3, -0.25) is 0 Å². The minimum absolute atomic E-state index is 0.245. The summed E-state index contributed by atoms with van der Waals surface area (Å²) in [6.07, 6.45) is 0.858. The van der Waals surface area contributed by atoms with E-state index in [4.69, 9.17) is 15.2 Å². The first-order valence-corrected chi connectivity index (χ1v) is 6.59. The summed E-state index contributed by atoms with van der Waals surface area (Å²) in [7, 11) is 0. The smallest absolute Gasteiger partial charge is 0.165 e. The van der Waals surface area contributed by atoms with Crippen molar-refractivity contribution in [2.45, 2.75) is 6.42 Å². The van der Waals surface area contributed by atoms with Crippen LogP contribution in [0.4, 0.5) is 4.39 Å². The highest BCUT2D eigenvalue weighted by Crippen LogP contribution is 2.16. The maximum Gasteiger partial charge on any atom is 0.165 e. The Balaban J connectivity index is 1.74. The van der Waals surface area contributed by atoms with Gasteiger partial charge in [-0.15, -0.1) is 0 Å². The molecule has 0 aliphatic heterocycles. The Morgan fingerprint density at radius 1 is 0.900 bits per heavy atom. The number of hydrogen-bond acceptors (Lipinski definition) is 3. The van der Waals surface area contributed by atoms with Crippen molar-refractivity contribution in [2.75, 3.05) is 19.8 Å². The number of hydrogen-bond donors (Lipinski definition) is 1. The fourth-order valence-corrected chi connectivity index (χ4v) is 1.79. The quantitative estimate of drug-likeness (QED) is 0.790. The molecule has 0 heterocycles. The van der Waals surface area contributed by atoms with Crippen LogP contribution in [0, 0.1) is 5.82 Å². The first kappa shape index (κ1) is 14.3. The molecular weight excluding hydrogens is 257 g/mol. The molecule has 2 aromatic rings. The third-order valence-corrected chi connectivity index (χ3v) is 2.80. The lowest BCUT2D eigenvalue weighted by atomic mass is 10.1. The van der Waals surface area contributed by atoms with Gasteiger partial charge in [0.05, 0.1) is 0 Å². The van der Waals surface area contributed by atoms with E-state index in [0.717, 1.165) is 12.2 Å². The van der Waals surface area contributed by atoms with Gasteiger partial charge in [0.1, 0.15) is 19.0 Å². The molecule has 0 saturated carbocycles. The van der Waals surface area contributed by atoms with Gasteiger partial charge in [0.25, 0.3) is 0 Å². The van der Waals surface area contributed by atoms with Crippen LogP contribution in [0.25, 0.3) is 0 Å². The topological polar surface area (TPSA) is 44.5 Å². The third-order valence-electron chi connectivity index (χ3n) is 2.80. The van der Waals surface area contributed by atoms with E-state index >= 15 is 0 Å². The van der Waals surface area contributed by atoms with Gasteiger partial charge in [0.2, 0.25) is 0 Å². The first-order valence-electron chi connectivity index (χ1n) is 6.59. The molecule has 0 unspecified atom stereocenters. The number of benzene rings is 2. The monoisotopic (exact) mass is 275 g/mol. The van der Waals surface area contributed by atoms with Gasteiger partial charge in [-0.05, 0) is 42.8 Å². The van der Waals surface area contributed by atoms with E-state index in [2.05, 4.69) is 0 Å². The second kappa shape index (κ2) is 7.50. The van der Waals surface area contributed by atoms with E-state index in [0.29, 0.717) is 19.8 Å². The molecule has 0 amide bonds. The third kappa shape index (κ3) is 4.24. The van der Waals surface area contributed by atoms with E-state index in [1.807, 2.05) is 24.3 Å². The van der Waals surface area contributed by atoms with Gasteiger partial charge in [-0.25, -0.2) is 4.39 Å². The van der Waals surface area contributed by atoms with E-state index in [1.165, 1.54) is 11.6 Å². The second-order valence-corrected chi connectivity index (χ2v) is 4.31. The minimum atomic E-state index is -0.362. The van der Waals surface area contributed by atoms with Gasteiger partial charge in [-0.2, -0.15) is 0 Å². The number of ether oxygens (including phenoxy) is 2. The molecule has 0 fully saturated rings. The molecule has 4 heteroatoms. The van der Waals surface area contributed by atoms with Crippen molar-refractivity contribution in [3.05, 3.63) is 59.9 Å². The van der Waals surface area contributed by atoms with E-state index < -0.39 is 0 Å². The Labute approximate surface area is 118 Å². The molecule has 0 bridgehead atoms. The lowest BCUT2D eigenvalue weighted by molar-refractivity contribution is 0.211. The van der Waals surface area contributed by atoms with Crippen LogP contribution in [-0.2, 0) is 6.42 Å². The fraction of sp³-hybridized carbons (Fsp3) is 0.250. The van der Waals surface area contributed by atoms with Crippen molar-refractivity contribution in [1.82, 2.24) is 0 Å². The SMILES string of the molecule is NCCc1ccc(OCCOc2ccccc2F)cc1. The molecule has 0 radical (unpaired) electrons. The summed E-state index contributed by atoms with van der Waals surface area (Å²) in [5.74, 6) is 0.649. The van der Waals surface area contributed by atoms with Crippen molar-refractivity contribution in [2.24, 2.45) is 5.73 Å². The normalized spacial score (nSPS) is 10.3. The van der Waals surface area contributed by atoms with Gasteiger partial charge >= 0.3 is 0 Å². The van der Waals surface area contributed by atoms with Crippen molar-refractivity contribution in [1.29, 1.82) is 0 Å². The molecule has 2 rings (SSSR count). The summed E-state index contributed by atoms with van der Waals surface area (Å²) in [4.78, 5) is 0. The molecule has 2 N–H and O–H groups in total. The Kier molecular flexibility index (Phi) is 5.38. The standard InChI is InChI=1S/C16H18FNO2/c17-15-3-1-2-4-16(15)20-12-11-19-14-7-5-13(6-8-14)9-10-18/h1-8H,9-12,18H2. The lowest BCUT2D eigenvalue weighted by Gasteiger charge is -2.09. The van der Waals surface area contributed by atoms with Crippen LogP contribution >= 0.6 is 0 Å². The Morgan fingerprint density at radius 3 is 2.30 bits per heavy atom. The van der Waals surface area contributed by atoms with Crippen molar-refractivity contribution >= 4 is 0 Å². The van der Waals surface area contributed by atoms with Crippen molar-refractivity contribution in [3.63, 3.8) is 0 Å². The summed E-state index contributed by atoms with van der Waals surface area (Å²) in [5, 5.41) is 0. The summed E-state index contributed by atoms with van der Waals surface area (Å²) in [5.41, 5.74) is 6.67. The van der Waals surface area contributed by atoms with Crippen LogP contribution in [-0.4, -0.2) is 19.8 Å². The molecule has 0 aliphatic rings. The Hall–Kier alpha value is -2.07. The van der Waals surface area contributed by atoms with E-state index in [9.17, 15) is 4.39 Å². The van der Waals surface area contributed by atoms with Crippen molar-refractivity contribution < 1.29 is 13.9 Å². The van der Waals surface area contributed by atoms with Crippen LogP contribution in [0.1, 0.15) is 5.56 Å². The average Bonchev–Trinajstić information content (AvgIpc) is 2.47. The molecule has 0 saturated heterocycles. The van der Waals surface area contributed by atoms with Crippen LogP contribution in [0.15, 0.2) is 48.5 Å². The lowest BCUT2D eigenvalue weighted by Crippen LogP contribution is -2.09. The van der Waals surface area contributed by atoms with E-state index in [1.54, 1.807) is 18.2 Å². The Bertz CT molecular complexity index is 528. The maximum atomic E-state index is 13.3. The predicted molar refractivity (Wildman–Crippen MR) is 76.6 cm³/mol. The summed E-state index contributed by atoms with van der Waals surface area (Å²) in [6.45, 7) is 1.30. The fourth-order valence-electron chi connectivity index (χ4n) is 1.79. The molecule has 0 aromatic heterocycles. The number of nitrogens with two attached hydrogens (primary N) is 1. The molecule has 3 nitrogen and oxygen atoms in total. The molecule has 106 valence electrons. The number of para-hydroxylation sites is 1. The average molecular weight is 275 g/mol. The highest BCUT2D eigenvalue weighted by atomic mass is 19.1. The van der Waals surface area contributed by atoms with Gasteiger partial charge in [0, 0.05) is 0 Å². The molecular formula is C16H18FNO2. The van der Waals surface area contributed by atoms with Crippen LogP contribution in [0.5, 0.6) is 11.5 Å². The largest absolute Gasteiger partial charge is 0.490 e. The molecule has 0 spiro atoms. The predicted octanol–water partition coefficient (Wildman–Crippen LogP) is 2.78.